The van der Waals surface area contributed by atoms with Crippen LogP contribution in [0.15, 0.2) is 79.1 Å². The van der Waals surface area contributed by atoms with E-state index < -0.39 is 5.82 Å². The second kappa shape index (κ2) is 7.93. The fraction of sp³-hybridized carbons (Fsp3) is 0.0455. The molecular weight excluding hydrogens is 371 g/mol. The monoisotopic (exact) mass is 388 g/mol. The molecule has 0 saturated heterocycles. The van der Waals surface area contributed by atoms with E-state index in [4.69, 9.17) is 4.74 Å². The molecule has 2 aromatic carbocycles. The van der Waals surface area contributed by atoms with Crippen LogP contribution in [-0.2, 0) is 0 Å². The first kappa shape index (κ1) is 18.4. The van der Waals surface area contributed by atoms with Gasteiger partial charge in [-0.05, 0) is 37.3 Å². The van der Waals surface area contributed by atoms with Crippen LogP contribution in [0.3, 0.4) is 0 Å². The van der Waals surface area contributed by atoms with Crippen LogP contribution in [-0.4, -0.2) is 20.7 Å². The maximum absolute atomic E-state index is 14.1. The molecule has 0 bridgehead atoms. The van der Waals surface area contributed by atoms with Gasteiger partial charge >= 0.3 is 0 Å². The summed E-state index contributed by atoms with van der Waals surface area (Å²) in [5, 5.41) is 6.98. The van der Waals surface area contributed by atoms with Crippen LogP contribution in [0.2, 0.25) is 0 Å². The van der Waals surface area contributed by atoms with Crippen molar-refractivity contribution in [1.29, 1.82) is 0 Å². The van der Waals surface area contributed by atoms with Crippen LogP contribution in [0.25, 0.3) is 5.69 Å². The van der Waals surface area contributed by atoms with E-state index in [1.54, 1.807) is 67.7 Å². The molecule has 144 valence electrons. The largest absolute Gasteiger partial charge is 0.439 e. The molecule has 6 nitrogen and oxygen atoms in total. The van der Waals surface area contributed by atoms with Crippen molar-refractivity contribution < 1.29 is 13.9 Å². The number of pyridine rings is 1. The molecule has 0 atom stereocenters. The standard InChI is InChI=1S/C22H17FN4O2/c1-15-18(14-25-27(15)20-10-3-2-9-19(20)23)22(28)26-16-7-6-8-17(13-16)29-21-11-4-5-12-24-21/h2-14H,1H3,(H,26,28). The average molecular weight is 388 g/mol. The van der Waals surface area contributed by atoms with Gasteiger partial charge in [0.2, 0.25) is 5.88 Å². The van der Waals surface area contributed by atoms with Crippen LogP contribution in [0, 0.1) is 12.7 Å². The first-order valence-electron chi connectivity index (χ1n) is 8.91. The maximum atomic E-state index is 14.1. The fourth-order valence-corrected chi connectivity index (χ4v) is 2.86. The summed E-state index contributed by atoms with van der Waals surface area (Å²) >= 11 is 0. The molecule has 0 unspecified atom stereocenters. The Balaban J connectivity index is 1.53. The van der Waals surface area contributed by atoms with Gasteiger partial charge in [0.05, 0.1) is 17.5 Å². The highest BCUT2D eigenvalue weighted by atomic mass is 19.1. The number of anilines is 1. The Labute approximate surface area is 166 Å². The van der Waals surface area contributed by atoms with Crippen molar-refractivity contribution in [3.63, 3.8) is 0 Å². The molecule has 2 aromatic heterocycles. The number of hydrogen-bond donors (Lipinski definition) is 1. The lowest BCUT2D eigenvalue weighted by atomic mass is 10.2. The quantitative estimate of drug-likeness (QED) is 0.535. The van der Waals surface area contributed by atoms with Gasteiger partial charge in [0.1, 0.15) is 17.3 Å². The van der Waals surface area contributed by atoms with Crippen LogP contribution < -0.4 is 10.1 Å². The molecule has 0 aliphatic heterocycles. The summed E-state index contributed by atoms with van der Waals surface area (Å²) in [5.74, 6) is 0.239. The smallest absolute Gasteiger partial charge is 0.259 e. The zero-order valence-corrected chi connectivity index (χ0v) is 15.5. The van der Waals surface area contributed by atoms with Gasteiger partial charge in [0.25, 0.3) is 5.91 Å². The predicted molar refractivity (Wildman–Crippen MR) is 107 cm³/mol. The van der Waals surface area contributed by atoms with Gasteiger partial charge < -0.3 is 10.1 Å². The molecule has 1 N–H and O–H groups in total. The minimum atomic E-state index is -0.412. The zero-order chi connectivity index (χ0) is 20.2. The van der Waals surface area contributed by atoms with E-state index in [1.807, 2.05) is 6.07 Å². The van der Waals surface area contributed by atoms with Gasteiger partial charge in [-0.15, -0.1) is 0 Å². The molecule has 0 saturated carbocycles. The number of halogens is 1. The van der Waals surface area contributed by atoms with E-state index in [0.717, 1.165) is 0 Å². The second-order valence-electron chi connectivity index (χ2n) is 6.26. The van der Waals surface area contributed by atoms with Gasteiger partial charge in [0, 0.05) is 24.0 Å². The second-order valence-corrected chi connectivity index (χ2v) is 6.26. The van der Waals surface area contributed by atoms with Crippen molar-refractivity contribution in [2.24, 2.45) is 0 Å². The lowest BCUT2D eigenvalue weighted by Crippen LogP contribution is -2.13. The fourth-order valence-electron chi connectivity index (χ4n) is 2.86. The van der Waals surface area contributed by atoms with Crippen LogP contribution in [0.1, 0.15) is 16.1 Å². The summed E-state index contributed by atoms with van der Waals surface area (Å²) in [5.41, 5.74) is 1.73. The summed E-state index contributed by atoms with van der Waals surface area (Å²) in [4.78, 5) is 16.8. The summed E-state index contributed by atoms with van der Waals surface area (Å²) in [6, 6.07) is 18.6. The van der Waals surface area contributed by atoms with E-state index in [0.29, 0.717) is 28.6 Å². The van der Waals surface area contributed by atoms with Gasteiger partial charge in [-0.3, -0.25) is 4.79 Å². The van der Waals surface area contributed by atoms with Crippen molar-refractivity contribution >= 4 is 11.6 Å². The highest BCUT2D eigenvalue weighted by Crippen LogP contribution is 2.23. The molecule has 0 fully saturated rings. The number of hydrogen-bond acceptors (Lipinski definition) is 4. The lowest BCUT2D eigenvalue weighted by molar-refractivity contribution is 0.102. The Morgan fingerprint density at radius 1 is 1.07 bits per heavy atom. The lowest BCUT2D eigenvalue weighted by Gasteiger charge is -2.09. The van der Waals surface area contributed by atoms with Crippen LogP contribution in [0.4, 0.5) is 10.1 Å². The molecule has 4 aromatic rings. The molecule has 7 heteroatoms. The van der Waals surface area contributed by atoms with Crippen molar-refractivity contribution in [3.8, 4) is 17.3 Å². The van der Waals surface area contributed by atoms with Crippen LogP contribution in [0.5, 0.6) is 11.6 Å². The Bertz CT molecular complexity index is 1160. The Morgan fingerprint density at radius 2 is 1.90 bits per heavy atom. The third-order valence-electron chi connectivity index (χ3n) is 4.29. The maximum Gasteiger partial charge on any atom is 0.259 e. The number of benzene rings is 2. The molecular formula is C22H17FN4O2. The van der Waals surface area contributed by atoms with E-state index in [1.165, 1.54) is 16.9 Å². The molecule has 0 spiro atoms. The molecule has 29 heavy (non-hydrogen) atoms. The number of ether oxygens (including phenoxy) is 1. The number of aromatic nitrogens is 3. The molecule has 1 amide bonds. The molecule has 4 rings (SSSR count). The molecule has 0 aliphatic carbocycles. The number of amides is 1. The van der Waals surface area contributed by atoms with Crippen molar-refractivity contribution in [3.05, 3.63) is 96.2 Å². The van der Waals surface area contributed by atoms with E-state index in [-0.39, 0.29) is 11.6 Å². The molecule has 0 radical (unpaired) electrons. The van der Waals surface area contributed by atoms with Crippen molar-refractivity contribution in [1.82, 2.24) is 14.8 Å². The molecule has 2 heterocycles. The average Bonchev–Trinajstić information content (AvgIpc) is 3.11. The number of nitrogens with zero attached hydrogens (tertiary/aromatic N) is 3. The Kier molecular flexibility index (Phi) is 5.03. The Hall–Kier alpha value is -4.00. The van der Waals surface area contributed by atoms with E-state index in [2.05, 4.69) is 15.4 Å². The number of carbonyl (C=O) groups excluding carboxylic acids is 1. The van der Waals surface area contributed by atoms with Gasteiger partial charge in [0.15, 0.2) is 0 Å². The number of nitrogens with one attached hydrogen (secondary N) is 1. The number of carbonyl (C=O) groups is 1. The molecule has 0 aliphatic rings. The van der Waals surface area contributed by atoms with E-state index >= 15 is 0 Å². The van der Waals surface area contributed by atoms with Crippen LogP contribution >= 0.6 is 0 Å². The van der Waals surface area contributed by atoms with Gasteiger partial charge in [-0.1, -0.05) is 24.3 Å². The topological polar surface area (TPSA) is 69.0 Å². The zero-order valence-electron chi connectivity index (χ0n) is 15.5. The van der Waals surface area contributed by atoms with Crippen molar-refractivity contribution in [2.45, 2.75) is 6.92 Å². The first-order valence-corrected chi connectivity index (χ1v) is 8.91. The third kappa shape index (κ3) is 3.98. The minimum Gasteiger partial charge on any atom is -0.439 e. The number of para-hydroxylation sites is 1. The summed E-state index contributed by atoms with van der Waals surface area (Å²) in [6.45, 7) is 1.72. The van der Waals surface area contributed by atoms with E-state index in [9.17, 15) is 9.18 Å². The highest BCUT2D eigenvalue weighted by molar-refractivity contribution is 6.05. The summed E-state index contributed by atoms with van der Waals surface area (Å²) < 4.78 is 21.1. The first-order chi connectivity index (χ1) is 14.1. The van der Waals surface area contributed by atoms with Gasteiger partial charge in [-0.25, -0.2) is 14.1 Å². The minimum absolute atomic E-state index is 0.287. The number of rotatable bonds is 5. The van der Waals surface area contributed by atoms with Gasteiger partial charge in [-0.2, -0.15) is 5.10 Å². The van der Waals surface area contributed by atoms with Crippen molar-refractivity contribution in [2.75, 3.05) is 5.32 Å². The highest BCUT2D eigenvalue weighted by Gasteiger charge is 2.17. The normalized spacial score (nSPS) is 10.6. The SMILES string of the molecule is Cc1c(C(=O)Nc2cccc(Oc3ccccn3)c2)cnn1-c1ccccc1F. The summed E-state index contributed by atoms with van der Waals surface area (Å²) in [7, 11) is 0. The predicted octanol–water partition coefficient (Wildman–Crippen LogP) is 4.76. The third-order valence-corrected chi connectivity index (χ3v) is 4.29. The Morgan fingerprint density at radius 3 is 2.69 bits per heavy atom. The summed E-state index contributed by atoms with van der Waals surface area (Å²) in [6.07, 6.45) is 3.06.